The minimum atomic E-state index is -3.45. The van der Waals surface area contributed by atoms with Gasteiger partial charge in [-0.2, -0.15) is 4.31 Å². The SMILES string of the molecule is CC(C)CN1CCN(S(=O)(=O)c2ccnc(Cl)c2)CC1. The van der Waals surface area contributed by atoms with Crippen molar-refractivity contribution in [3.63, 3.8) is 0 Å². The third-order valence-corrected chi connectivity index (χ3v) is 5.39. The molecule has 1 aromatic heterocycles. The molecule has 1 saturated heterocycles. The Labute approximate surface area is 125 Å². The molecule has 0 atom stereocenters. The van der Waals surface area contributed by atoms with Crippen molar-refractivity contribution in [2.45, 2.75) is 18.7 Å². The zero-order valence-corrected chi connectivity index (χ0v) is 13.4. The summed E-state index contributed by atoms with van der Waals surface area (Å²) in [6.45, 7) is 7.94. The molecule has 0 amide bonds. The van der Waals surface area contributed by atoms with E-state index in [0.717, 1.165) is 19.6 Å². The van der Waals surface area contributed by atoms with E-state index in [-0.39, 0.29) is 10.0 Å². The Morgan fingerprint density at radius 2 is 1.95 bits per heavy atom. The number of pyridine rings is 1. The molecule has 0 N–H and O–H groups in total. The van der Waals surface area contributed by atoms with E-state index in [2.05, 4.69) is 23.7 Å². The van der Waals surface area contributed by atoms with Crippen molar-refractivity contribution in [2.75, 3.05) is 32.7 Å². The zero-order chi connectivity index (χ0) is 14.8. The van der Waals surface area contributed by atoms with Crippen molar-refractivity contribution in [1.82, 2.24) is 14.2 Å². The molecule has 2 heterocycles. The maximum absolute atomic E-state index is 12.5. The Balaban J connectivity index is 2.06. The number of piperazine rings is 1. The summed E-state index contributed by atoms with van der Waals surface area (Å²) in [7, 11) is -3.45. The molecule has 0 aliphatic carbocycles. The molecule has 0 spiro atoms. The van der Waals surface area contributed by atoms with Crippen molar-refractivity contribution in [2.24, 2.45) is 5.92 Å². The van der Waals surface area contributed by atoms with Gasteiger partial charge in [-0.1, -0.05) is 25.4 Å². The van der Waals surface area contributed by atoms with Crippen LogP contribution in [-0.2, 0) is 10.0 Å². The molecule has 1 aromatic rings. The van der Waals surface area contributed by atoms with Gasteiger partial charge in [-0.05, 0) is 18.1 Å². The van der Waals surface area contributed by atoms with E-state index in [1.54, 1.807) is 0 Å². The molecule has 112 valence electrons. The molecule has 0 aromatic carbocycles. The van der Waals surface area contributed by atoms with E-state index < -0.39 is 10.0 Å². The van der Waals surface area contributed by atoms with Gasteiger partial charge < -0.3 is 4.90 Å². The maximum atomic E-state index is 12.5. The monoisotopic (exact) mass is 317 g/mol. The van der Waals surface area contributed by atoms with E-state index in [1.807, 2.05) is 0 Å². The summed E-state index contributed by atoms with van der Waals surface area (Å²) in [4.78, 5) is 6.34. The fraction of sp³-hybridized carbons (Fsp3) is 0.615. The third-order valence-electron chi connectivity index (χ3n) is 3.29. The van der Waals surface area contributed by atoms with Crippen molar-refractivity contribution in [3.8, 4) is 0 Å². The van der Waals surface area contributed by atoms with Gasteiger partial charge >= 0.3 is 0 Å². The van der Waals surface area contributed by atoms with Crippen LogP contribution in [0.4, 0.5) is 0 Å². The molecule has 7 heteroatoms. The summed E-state index contributed by atoms with van der Waals surface area (Å²) >= 11 is 5.77. The average molecular weight is 318 g/mol. The van der Waals surface area contributed by atoms with Gasteiger partial charge in [0.15, 0.2) is 0 Å². The van der Waals surface area contributed by atoms with Crippen LogP contribution in [-0.4, -0.2) is 55.3 Å². The summed E-state index contributed by atoms with van der Waals surface area (Å²) in [6.07, 6.45) is 1.42. The van der Waals surface area contributed by atoms with Crippen LogP contribution in [0.1, 0.15) is 13.8 Å². The van der Waals surface area contributed by atoms with E-state index in [9.17, 15) is 8.42 Å². The molecule has 0 unspecified atom stereocenters. The number of rotatable bonds is 4. The topological polar surface area (TPSA) is 53.5 Å². The predicted octanol–water partition coefficient (Wildman–Crippen LogP) is 1.70. The molecule has 1 aliphatic heterocycles. The lowest BCUT2D eigenvalue weighted by atomic mass is 10.2. The maximum Gasteiger partial charge on any atom is 0.243 e. The van der Waals surface area contributed by atoms with Gasteiger partial charge in [0.05, 0.1) is 4.90 Å². The first kappa shape index (κ1) is 15.7. The van der Waals surface area contributed by atoms with Gasteiger partial charge in [-0.15, -0.1) is 0 Å². The summed E-state index contributed by atoms with van der Waals surface area (Å²) in [5.41, 5.74) is 0. The van der Waals surface area contributed by atoms with E-state index in [0.29, 0.717) is 19.0 Å². The first-order valence-electron chi connectivity index (χ1n) is 6.73. The molecule has 1 aliphatic rings. The van der Waals surface area contributed by atoms with Crippen LogP contribution in [0.5, 0.6) is 0 Å². The molecular formula is C13H20ClN3O2S. The van der Waals surface area contributed by atoms with E-state index in [1.165, 1.54) is 22.6 Å². The highest BCUT2D eigenvalue weighted by atomic mass is 35.5. The lowest BCUT2D eigenvalue weighted by Crippen LogP contribution is -2.49. The highest BCUT2D eigenvalue weighted by molar-refractivity contribution is 7.89. The quantitative estimate of drug-likeness (QED) is 0.793. The largest absolute Gasteiger partial charge is 0.300 e. The number of hydrogen-bond acceptors (Lipinski definition) is 4. The van der Waals surface area contributed by atoms with Crippen LogP contribution < -0.4 is 0 Å². The van der Waals surface area contributed by atoms with Gasteiger partial charge in [0.1, 0.15) is 5.15 Å². The van der Waals surface area contributed by atoms with Crippen LogP contribution in [0, 0.1) is 5.92 Å². The average Bonchev–Trinajstić information content (AvgIpc) is 2.38. The van der Waals surface area contributed by atoms with Crippen molar-refractivity contribution < 1.29 is 8.42 Å². The summed E-state index contributed by atoms with van der Waals surface area (Å²) < 4.78 is 26.5. The van der Waals surface area contributed by atoms with Gasteiger partial charge in [0, 0.05) is 38.9 Å². The van der Waals surface area contributed by atoms with Crippen molar-refractivity contribution >= 4 is 21.6 Å². The molecule has 0 radical (unpaired) electrons. The molecular weight excluding hydrogens is 298 g/mol. The summed E-state index contributed by atoms with van der Waals surface area (Å²) in [5.74, 6) is 0.595. The Hall–Kier alpha value is -0.690. The molecule has 20 heavy (non-hydrogen) atoms. The van der Waals surface area contributed by atoms with Crippen LogP contribution in [0.2, 0.25) is 5.15 Å². The fourth-order valence-electron chi connectivity index (χ4n) is 2.36. The Morgan fingerprint density at radius 3 is 2.50 bits per heavy atom. The van der Waals surface area contributed by atoms with E-state index >= 15 is 0 Å². The number of aromatic nitrogens is 1. The second kappa shape index (κ2) is 6.39. The summed E-state index contributed by atoms with van der Waals surface area (Å²) in [5, 5.41) is 0.199. The first-order chi connectivity index (χ1) is 9.39. The molecule has 2 rings (SSSR count). The second-order valence-electron chi connectivity index (χ2n) is 5.41. The van der Waals surface area contributed by atoms with Crippen molar-refractivity contribution in [3.05, 3.63) is 23.5 Å². The molecule has 0 saturated carbocycles. The van der Waals surface area contributed by atoms with Crippen LogP contribution in [0.3, 0.4) is 0 Å². The molecule has 1 fully saturated rings. The van der Waals surface area contributed by atoms with Gasteiger partial charge in [-0.25, -0.2) is 13.4 Å². The van der Waals surface area contributed by atoms with Crippen LogP contribution in [0.25, 0.3) is 0 Å². The zero-order valence-electron chi connectivity index (χ0n) is 11.8. The van der Waals surface area contributed by atoms with Crippen LogP contribution in [0.15, 0.2) is 23.2 Å². The normalized spacial score (nSPS) is 18.6. The number of halogens is 1. The third kappa shape index (κ3) is 3.69. The summed E-state index contributed by atoms with van der Waals surface area (Å²) in [6, 6.07) is 2.89. The number of sulfonamides is 1. The highest BCUT2D eigenvalue weighted by Gasteiger charge is 2.28. The van der Waals surface area contributed by atoms with Crippen LogP contribution >= 0.6 is 11.6 Å². The lowest BCUT2D eigenvalue weighted by Gasteiger charge is -2.34. The number of nitrogens with zero attached hydrogens (tertiary/aromatic N) is 3. The van der Waals surface area contributed by atoms with Gasteiger partial charge in [0.2, 0.25) is 10.0 Å². The minimum absolute atomic E-state index is 0.199. The molecule has 5 nitrogen and oxygen atoms in total. The van der Waals surface area contributed by atoms with Gasteiger partial charge in [-0.3, -0.25) is 0 Å². The van der Waals surface area contributed by atoms with Crippen molar-refractivity contribution in [1.29, 1.82) is 0 Å². The Morgan fingerprint density at radius 1 is 1.30 bits per heavy atom. The highest BCUT2D eigenvalue weighted by Crippen LogP contribution is 2.19. The van der Waals surface area contributed by atoms with E-state index in [4.69, 9.17) is 11.6 Å². The number of hydrogen-bond donors (Lipinski definition) is 0. The lowest BCUT2D eigenvalue weighted by molar-refractivity contribution is 0.172. The first-order valence-corrected chi connectivity index (χ1v) is 8.55. The smallest absolute Gasteiger partial charge is 0.243 e. The Bertz CT molecular complexity index is 554. The fourth-order valence-corrected chi connectivity index (χ4v) is 4.04. The second-order valence-corrected chi connectivity index (χ2v) is 7.74. The standard InChI is InChI=1S/C13H20ClN3O2S/c1-11(2)10-16-5-7-17(8-6-16)20(18,19)12-3-4-15-13(14)9-12/h3-4,9,11H,5-8,10H2,1-2H3. The predicted molar refractivity (Wildman–Crippen MR) is 79.3 cm³/mol. The minimum Gasteiger partial charge on any atom is -0.300 e. The van der Waals surface area contributed by atoms with Gasteiger partial charge in [0.25, 0.3) is 0 Å². The Kier molecular flexibility index (Phi) is 5.01. The molecule has 0 bridgehead atoms.